The number of nitrogens with zero attached hydrogens (tertiary/aromatic N) is 6. The van der Waals surface area contributed by atoms with Crippen LogP contribution in [-0.4, -0.2) is 137 Å². The Kier molecular flexibility index (Phi) is 14.8. The maximum Gasteiger partial charge on any atom is 0.416 e. The zero-order chi connectivity index (χ0) is 44.8. The number of halogens is 6. The topological polar surface area (TPSA) is 155 Å². The molecule has 2 aromatic rings. The summed E-state index contributed by atoms with van der Waals surface area (Å²) in [5, 5.41) is 5.67. The van der Waals surface area contributed by atoms with Crippen LogP contribution in [0.3, 0.4) is 0 Å². The van der Waals surface area contributed by atoms with Crippen molar-refractivity contribution in [2.75, 3.05) is 53.4 Å². The highest BCUT2D eigenvalue weighted by Gasteiger charge is 2.57. The molecule has 20 heteroatoms. The van der Waals surface area contributed by atoms with Crippen LogP contribution in [0.25, 0.3) is 0 Å². The van der Waals surface area contributed by atoms with E-state index in [9.17, 15) is 50.3 Å². The predicted molar refractivity (Wildman–Crippen MR) is 205 cm³/mol. The van der Waals surface area contributed by atoms with E-state index in [4.69, 9.17) is 4.79 Å². The molecular formula is C40H50F6N8O6. The van der Waals surface area contributed by atoms with Gasteiger partial charge in [-0.3, -0.25) is 19.2 Å². The highest BCUT2D eigenvalue weighted by molar-refractivity contribution is 6.00. The van der Waals surface area contributed by atoms with Gasteiger partial charge in [0, 0.05) is 52.4 Å². The van der Waals surface area contributed by atoms with Gasteiger partial charge in [0.25, 0.3) is 11.8 Å². The van der Waals surface area contributed by atoms with Crippen LogP contribution < -0.4 is 10.6 Å². The first kappa shape index (κ1) is 47.2. The van der Waals surface area contributed by atoms with Crippen molar-refractivity contribution < 1.29 is 55.1 Å². The summed E-state index contributed by atoms with van der Waals surface area (Å²) < 4.78 is 76.7. The van der Waals surface area contributed by atoms with Gasteiger partial charge in [-0.05, 0) is 82.5 Å². The molecule has 2 unspecified atom stereocenters. The lowest BCUT2D eigenvalue weighted by Gasteiger charge is -2.48. The number of amides is 6. The van der Waals surface area contributed by atoms with E-state index in [1.54, 1.807) is 4.90 Å². The number of piperazine rings is 2. The van der Waals surface area contributed by atoms with Gasteiger partial charge >= 0.3 is 18.4 Å². The van der Waals surface area contributed by atoms with Crippen molar-refractivity contribution in [1.82, 2.24) is 35.1 Å². The van der Waals surface area contributed by atoms with Gasteiger partial charge in [0.15, 0.2) is 0 Å². The van der Waals surface area contributed by atoms with Gasteiger partial charge < -0.3 is 35.1 Å². The molecule has 4 heterocycles. The molecule has 0 aliphatic carbocycles. The predicted octanol–water partition coefficient (Wildman–Crippen LogP) is 4.04. The lowest BCUT2D eigenvalue weighted by molar-refractivity contribution is -0.166. The van der Waals surface area contributed by atoms with Crippen LogP contribution in [0, 0.1) is 0 Å². The molecule has 2 N–H and O–H groups in total. The molecule has 0 aromatic heterocycles. The highest BCUT2D eigenvalue weighted by atomic mass is 19.4. The van der Waals surface area contributed by atoms with Crippen LogP contribution in [0.2, 0.25) is 0 Å². The monoisotopic (exact) mass is 852 g/mol. The number of nitrogens with one attached hydrogen (secondary N) is 2. The second-order valence-corrected chi connectivity index (χ2v) is 15.4. The van der Waals surface area contributed by atoms with Crippen molar-refractivity contribution in [2.24, 2.45) is 4.99 Å². The standard InChI is InChI=1S/C20H25F3N4O3.C18H22F3N3O2.C2H3NO/c1-13(2)26-11-16(28)27(10-14-4-6-15(7-5-14)20(21,22)23)19(17(26)29)8-9-25(12-19)18(30)24-3;1-12(2)23-10-15(25)24(17(16(23)26)7-8-22-11-17)9-13-3-5-14(6-4-13)18(19,20)21;1-3-2-4/h4-7,13H,8-12H2,1-3H3,(H,24,30);3-6,12,22H,7-11H2,1-2H3;1H3. The van der Waals surface area contributed by atoms with Gasteiger partial charge in [0.2, 0.25) is 17.9 Å². The molecule has 4 saturated heterocycles. The molecular weight excluding hydrogens is 802 g/mol. The quantitative estimate of drug-likeness (QED) is 0.253. The summed E-state index contributed by atoms with van der Waals surface area (Å²) in [5.74, 6) is -0.803. The summed E-state index contributed by atoms with van der Waals surface area (Å²) in [7, 11) is 2.87. The van der Waals surface area contributed by atoms with Gasteiger partial charge in [-0.2, -0.15) is 26.3 Å². The Balaban J connectivity index is 0.000000245. The number of carbonyl (C=O) groups is 5. The molecule has 14 nitrogen and oxygen atoms in total. The Labute approximate surface area is 343 Å². The third-order valence-electron chi connectivity index (χ3n) is 11.0. The summed E-state index contributed by atoms with van der Waals surface area (Å²) in [6.07, 6.45) is -6.77. The zero-order valence-corrected chi connectivity index (χ0v) is 34.2. The Bertz CT molecular complexity index is 1930. The van der Waals surface area contributed by atoms with Crippen molar-refractivity contribution in [2.45, 2.75) is 89.1 Å². The highest BCUT2D eigenvalue weighted by Crippen LogP contribution is 2.37. The Morgan fingerprint density at radius 2 is 1.18 bits per heavy atom. The SMILES string of the molecule is CC(C)N1CC(=O)N(Cc2ccc(C(F)(F)F)cc2)C2(CCNC2)C1=O.CN=C=O.CNC(=O)N1CCC2(C1)C(=O)N(C(C)C)CC(=O)N2Cc1ccc(C(F)(F)F)cc1. The smallest absolute Gasteiger partial charge is 0.341 e. The minimum atomic E-state index is -4.45. The number of carbonyl (C=O) groups excluding carboxylic acids is 6. The zero-order valence-electron chi connectivity index (χ0n) is 34.2. The van der Waals surface area contributed by atoms with Gasteiger partial charge in [-0.15, -0.1) is 0 Å². The molecule has 6 amide bonds. The third-order valence-corrected chi connectivity index (χ3v) is 11.0. The molecule has 4 fully saturated rings. The van der Waals surface area contributed by atoms with Crippen LogP contribution in [0.1, 0.15) is 62.8 Å². The van der Waals surface area contributed by atoms with Crippen molar-refractivity contribution in [3.8, 4) is 0 Å². The minimum Gasteiger partial charge on any atom is -0.341 e. The maximum atomic E-state index is 13.4. The average Bonchev–Trinajstić information content (AvgIpc) is 3.87. The minimum absolute atomic E-state index is 0.00111. The average molecular weight is 853 g/mol. The first-order chi connectivity index (χ1) is 28.1. The van der Waals surface area contributed by atoms with Crippen LogP contribution in [0.5, 0.6) is 0 Å². The fraction of sp³-hybridized carbons (Fsp3) is 0.550. The molecule has 0 bridgehead atoms. The number of isocyanates is 1. The van der Waals surface area contributed by atoms with E-state index in [0.717, 1.165) is 24.3 Å². The van der Waals surface area contributed by atoms with E-state index in [-0.39, 0.29) is 80.9 Å². The van der Waals surface area contributed by atoms with E-state index in [2.05, 4.69) is 15.6 Å². The van der Waals surface area contributed by atoms with Gasteiger partial charge in [0.1, 0.15) is 24.2 Å². The van der Waals surface area contributed by atoms with Gasteiger partial charge in [-0.25, -0.2) is 14.6 Å². The number of likely N-dealkylation sites (tertiary alicyclic amines) is 1. The summed E-state index contributed by atoms with van der Waals surface area (Å²) >= 11 is 0. The van der Waals surface area contributed by atoms with Gasteiger partial charge in [-0.1, -0.05) is 24.3 Å². The van der Waals surface area contributed by atoms with Crippen LogP contribution in [0.4, 0.5) is 31.1 Å². The molecule has 0 saturated carbocycles. The number of hydrogen-bond donors (Lipinski definition) is 2. The molecule has 2 atom stereocenters. The van der Waals surface area contributed by atoms with Gasteiger partial charge in [0.05, 0.1) is 17.7 Å². The van der Waals surface area contributed by atoms with Crippen LogP contribution in [-0.2, 0) is 49.4 Å². The Morgan fingerprint density at radius 1 is 0.767 bits per heavy atom. The lowest BCUT2D eigenvalue weighted by Crippen LogP contribution is -2.70. The Hall–Kier alpha value is -5.49. The van der Waals surface area contributed by atoms with Crippen molar-refractivity contribution in [1.29, 1.82) is 0 Å². The van der Waals surface area contributed by atoms with Crippen molar-refractivity contribution in [3.05, 3.63) is 70.8 Å². The van der Waals surface area contributed by atoms with E-state index in [0.29, 0.717) is 37.2 Å². The number of rotatable bonds is 6. The van der Waals surface area contributed by atoms with Crippen LogP contribution >= 0.6 is 0 Å². The fourth-order valence-corrected chi connectivity index (χ4v) is 7.74. The van der Waals surface area contributed by atoms with Crippen LogP contribution in [0.15, 0.2) is 53.5 Å². The van der Waals surface area contributed by atoms with E-state index >= 15 is 0 Å². The summed E-state index contributed by atoms with van der Waals surface area (Å²) in [5.41, 5.74) is -2.63. The van der Waals surface area contributed by atoms with E-state index < -0.39 is 34.6 Å². The van der Waals surface area contributed by atoms with Crippen molar-refractivity contribution >= 4 is 35.7 Å². The fourth-order valence-electron chi connectivity index (χ4n) is 7.74. The third kappa shape index (κ3) is 10.1. The molecule has 328 valence electrons. The molecule has 2 spiro atoms. The number of benzene rings is 2. The summed E-state index contributed by atoms with van der Waals surface area (Å²) in [6.45, 7) is 8.71. The number of aliphatic imine (C=N–C) groups is 1. The maximum absolute atomic E-state index is 13.4. The molecule has 60 heavy (non-hydrogen) atoms. The Morgan fingerprint density at radius 3 is 1.53 bits per heavy atom. The number of hydrogen-bond acceptors (Lipinski definition) is 8. The lowest BCUT2D eigenvalue weighted by atomic mass is 9.89. The largest absolute Gasteiger partial charge is 0.416 e. The van der Waals surface area contributed by atoms with E-state index in [1.807, 2.05) is 27.7 Å². The number of urea groups is 1. The van der Waals surface area contributed by atoms with Crippen molar-refractivity contribution in [3.63, 3.8) is 0 Å². The molecule has 4 aliphatic rings. The van der Waals surface area contributed by atoms with E-state index in [1.165, 1.54) is 64.0 Å². The first-order valence-corrected chi connectivity index (χ1v) is 19.2. The summed E-state index contributed by atoms with van der Waals surface area (Å²) in [6, 6.07) is 8.67. The number of alkyl halides is 6. The molecule has 4 aliphatic heterocycles. The molecule has 0 radical (unpaired) electrons. The normalized spacial score (nSPS) is 22.0. The first-order valence-electron chi connectivity index (χ1n) is 19.2. The second kappa shape index (κ2) is 18.8. The molecule has 6 rings (SSSR count). The second-order valence-electron chi connectivity index (χ2n) is 15.4. The summed E-state index contributed by atoms with van der Waals surface area (Å²) in [4.78, 5) is 83.7. The molecule has 2 aromatic carbocycles.